The fraction of sp³-hybridized carbons (Fsp3) is 0.179. The lowest BCUT2D eigenvalue weighted by atomic mass is 10.1. The summed E-state index contributed by atoms with van der Waals surface area (Å²) in [5.41, 5.74) is 4.47. The van der Waals surface area contributed by atoms with E-state index in [1.54, 1.807) is 35.9 Å². The molecule has 36 heavy (non-hydrogen) atoms. The molecule has 3 aromatic carbocycles. The van der Waals surface area contributed by atoms with Gasteiger partial charge in [0, 0.05) is 23.1 Å². The van der Waals surface area contributed by atoms with E-state index in [-0.39, 0.29) is 12.5 Å². The number of fused-ring (bicyclic) bond motifs is 3. The van der Waals surface area contributed by atoms with Gasteiger partial charge in [-0.2, -0.15) is 0 Å². The van der Waals surface area contributed by atoms with Crippen molar-refractivity contribution in [2.75, 3.05) is 5.32 Å². The highest BCUT2D eigenvalue weighted by molar-refractivity contribution is 6.30. The number of carbonyl (C=O) groups excluding carboxylic acids is 1. The number of aromatic nitrogens is 3. The van der Waals surface area contributed by atoms with Gasteiger partial charge >= 0.3 is 5.69 Å². The lowest BCUT2D eigenvalue weighted by Gasteiger charge is -2.14. The first-order valence-electron chi connectivity index (χ1n) is 11.5. The average Bonchev–Trinajstić information content (AvgIpc) is 3.08. The van der Waals surface area contributed by atoms with Crippen LogP contribution in [0.25, 0.3) is 27.6 Å². The van der Waals surface area contributed by atoms with Gasteiger partial charge in [0.25, 0.3) is 5.56 Å². The Bertz CT molecular complexity index is 1790. The van der Waals surface area contributed by atoms with Crippen molar-refractivity contribution in [1.29, 1.82) is 0 Å². The maximum absolute atomic E-state index is 13.8. The van der Waals surface area contributed by atoms with E-state index in [4.69, 9.17) is 11.6 Å². The van der Waals surface area contributed by atoms with Gasteiger partial charge in [0.2, 0.25) is 5.91 Å². The SMILES string of the molecule is Cc1cc(C)cc(NC(=O)Cn2c(=O)n(-c3cccc(Cl)c3)c(=O)c3c2c2cc(C)ccc2n3C)c1. The summed E-state index contributed by atoms with van der Waals surface area (Å²) in [6.45, 7) is 5.59. The third-order valence-electron chi connectivity index (χ3n) is 6.30. The Hall–Kier alpha value is -4.10. The van der Waals surface area contributed by atoms with Crippen LogP contribution in [0.5, 0.6) is 0 Å². The minimum atomic E-state index is -0.612. The zero-order valence-electron chi connectivity index (χ0n) is 20.4. The Morgan fingerprint density at radius 3 is 2.31 bits per heavy atom. The fourth-order valence-corrected chi connectivity index (χ4v) is 5.03. The second-order valence-corrected chi connectivity index (χ2v) is 9.63. The van der Waals surface area contributed by atoms with Gasteiger partial charge in [-0.3, -0.25) is 14.2 Å². The molecule has 0 aliphatic carbocycles. The van der Waals surface area contributed by atoms with Gasteiger partial charge in [-0.25, -0.2) is 9.36 Å². The number of hydrogen-bond donors (Lipinski definition) is 1. The zero-order valence-corrected chi connectivity index (χ0v) is 21.2. The summed E-state index contributed by atoms with van der Waals surface area (Å²) in [6, 6.07) is 18.1. The predicted molar refractivity (Wildman–Crippen MR) is 145 cm³/mol. The smallest absolute Gasteiger partial charge is 0.336 e. The summed E-state index contributed by atoms with van der Waals surface area (Å²) in [4.78, 5) is 40.8. The standard InChI is InChI=1S/C28H25ClN4O3/c1-16-8-9-23-22(13-16)25-26(31(23)4)27(35)33(21-7-5-6-19(29)14-21)28(36)32(25)15-24(34)30-20-11-17(2)10-18(3)12-20/h5-14H,15H2,1-4H3,(H,30,34). The third-order valence-corrected chi connectivity index (χ3v) is 6.53. The Morgan fingerprint density at radius 1 is 0.889 bits per heavy atom. The highest BCUT2D eigenvalue weighted by Gasteiger charge is 2.22. The Labute approximate surface area is 212 Å². The molecule has 2 heterocycles. The van der Waals surface area contributed by atoms with E-state index in [1.807, 2.05) is 57.2 Å². The van der Waals surface area contributed by atoms with E-state index < -0.39 is 11.2 Å². The summed E-state index contributed by atoms with van der Waals surface area (Å²) in [5.74, 6) is -0.371. The highest BCUT2D eigenvalue weighted by Crippen LogP contribution is 2.27. The molecule has 0 radical (unpaired) electrons. The zero-order chi connectivity index (χ0) is 25.7. The van der Waals surface area contributed by atoms with Crippen LogP contribution in [0.3, 0.4) is 0 Å². The molecule has 1 N–H and O–H groups in total. The lowest BCUT2D eigenvalue weighted by molar-refractivity contribution is -0.116. The van der Waals surface area contributed by atoms with E-state index >= 15 is 0 Å². The molecule has 0 unspecified atom stereocenters. The summed E-state index contributed by atoms with van der Waals surface area (Å²) in [6.07, 6.45) is 0. The molecular formula is C28H25ClN4O3. The molecule has 5 aromatic rings. The second-order valence-electron chi connectivity index (χ2n) is 9.19. The van der Waals surface area contributed by atoms with Crippen LogP contribution < -0.4 is 16.6 Å². The van der Waals surface area contributed by atoms with Crippen molar-refractivity contribution in [3.05, 3.63) is 103 Å². The molecule has 1 amide bonds. The van der Waals surface area contributed by atoms with Gasteiger partial charge in [0.05, 0.1) is 16.7 Å². The van der Waals surface area contributed by atoms with E-state index in [1.165, 1.54) is 4.57 Å². The minimum absolute atomic E-state index is 0.268. The first-order chi connectivity index (χ1) is 17.1. The first kappa shape index (κ1) is 23.6. The van der Waals surface area contributed by atoms with Crippen LogP contribution in [0.15, 0.2) is 70.3 Å². The summed E-state index contributed by atoms with van der Waals surface area (Å²) in [7, 11) is 1.79. The highest BCUT2D eigenvalue weighted by atomic mass is 35.5. The van der Waals surface area contributed by atoms with Crippen LogP contribution >= 0.6 is 11.6 Å². The number of halogens is 1. The van der Waals surface area contributed by atoms with Crippen molar-refractivity contribution in [2.45, 2.75) is 27.3 Å². The molecule has 0 saturated carbocycles. The Morgan fingerprint density at radius 2 is 1.61 bits per heavy atom. The number of carbonyl (C=O) groups is 1. The van der Waals surface area contributed by atoms with Gasteiger partial charge in [-0.1, -0.05) is 35.4 Å². The largest absolute Gasteiger partial charge is 0.338 e. The number of benzene rings is 3. The molecule has 7 nitrogen and oxygen atoms in total. The number of hydrogen-bond acceptors (Lipinski definition) is 3. The van der Waals surface area contributed by atoms with Crippen LogP contribution in [-0.2, 0) is 18.4 Å². The number of nitrogens with one attached hydrogen (secondary N) is 1. The molecule has 2 aromatic heterocycles. The van der Waals surface area contributed by atoms with Crippen LogP contribution in [0, 0.1) is 20.8 Å². The Kier molecular flexibility index (Phi) is 5.80. The van der Waals surface area contributed by atoms with Crippen LogP contribution in [-0.4, -0.2) is 19.6 Å². The summed E-state index contributed by atoms with van der Waals surface area (Å²) < 4.78 is 4.21. The van der Waals surface area contributed by atoms with Gasteiger partial charge < -0.3 is 9.88 Å². The molecule has 0 spiro atoms. The molecule has 5 rings (SSSR count). The van der Waals surface area contributed by atoms with E-state index in [0.717, 1.165) is 32.2 Å². The number of anilines is 1. The van der Waals surface area contributed by atoms with E-state index in [2.05, 4.69) is 5.32 Å². The molecule has 0 saturated heterocycles. The molecule has 0 fully saturated rings. The topological polar surface area (TPSA) is 78.0 Å². The Balaban J connectivity index is 1.77. The molecule has 182 valence electrons. The molecule has 8 heteroatoms. The van der Waals surface area contributed by atoms with Gasteiger partial charge in [0.1, 0.15) is 12.1 Å². The number of rotatable bonds is 4. The number of aryl methyl sites for hydroxylation is 4. The average molecular weight is 501 g/mol. The van der Waals surface area contributed by atoms with Crippen molar-refractivity contribution in [2.24, 2.45) is 7.05 Å². The maximum Gasteiger partial charge on any atom is 0.336 e. The number of nitrogens with zero attached hydrogens (tertiary/aromatic N) is 3. The van der Waals surface area contributed by atoms with E-state index in [9.17, 15) is 14.4 Å². The first-order valence-corrected chi connectivity index (χ1v) is 11.9. The van der Waals surface area contributed by atoms with Crippen molar-refractivity contribution in [3.63, 3.8) is 0 Å². The number of amides is 1. The monoisotopic (exact) mass is 500 g/mol. The fourth-order valence-electron chi connectivity index (χ4n) is 4.85. The van der Waals surface area contributed by atoms with Crippen molar-refractivity contribution in [1.82, 2.24) is 13.7 Å². The summed E-state index contributed by atoms with van der Waals surface area (Å²) >= 11 is 6.18. The molecule has 0 aliphatic heterocycles. The predicted octanol–water partition coefficient (Wildman–Crippen LogP) is 4.86. The third kappa shape index (κ3) is 4.01. The maximum atomic E-state index is 13.8. The van der Waals surface area contributed by atoms with Crippen molar-refractivity contribution >= 4 is 45.1 Å². The normalized spacial score (nSPS) is 11.4. The van der Waals surface area contributed by atoms with Gasteiger partial charge in [0.15, 0.2) is 0 Å². The van der Waals surface area contributed by atoms with E-state index in [0.29, 0.717) is 27.4 Å². The second kappa shape index (κ2) is 8.84. The van der Waals surface area contributed by atoms with Crippen LogP contribution in [0.4, 0.5) is 5.69 Å². The van der Waals surface area contributed by atoms with Crippen LogP contribution in [0.1, 0.15) is 16.7 Å². The van der Waals surface area contributed by atoms with Crippen molar-refractivity contribution in [3.8, 4) is 5.69 Å². The van der Waals surface area contributed by atoms with Crippen molar-refractivity contribution < 1.29 is 4.79 Å². The molecule has 0 aliphatic rings. The lowest BCUT2D eigenvalue weighted by Crippen LogP contribution is -2.41. The van der Waals surface area contributed by atoms with Gasteiger partial charge in [-0.15, -0.1) is 0 Å². The summed E-state index contributed by atoms with van der Waals surface area (Å²) in [5, 5.41) is 4.03. The molecule has 0 bridgehead atoms. The van der Waals surface area contributed by atoms with Gasteiger partial charge in [-0.05, 0) is 74.4 Å². The quantitative estimate of drug-likeness (QED) is 0.383. The van der Waals surface area contributed by atoms with Crippen LogP contribution in [0.2, 0.25) is 5.02 Å². The molecule has 0 atom stereocenters. The minimum Gasteiger partial charge on any atom is -0.338 e. The molecular weight excluding hydrogens is 476 g/mol.